The van der Waals surface area contributed by atoms with E-state index >= 15 is 0 Å². The molecule has 0 aliphatic carbocycles. The first-order chi connectivity index (χ1) is 17.2. The Morgan fingerprint density at radius 2 is 1.69 bits per heavy atom. The zero-order valence-corrected chi connectivity index (χ0v) is 21.6. The van der Waals surface area contributed by atoms with Crippen LogP contribution in [0.25, 0.3) is 0 Å². The molecular formula is C26H33N3O6S. The van der Waals surface area contributed by atoms with Gasteiger partial charge in [0.25, 0.3) is 0 Å². The van der Waals surface area contributed by atoms with E-state index in [-0.39, 0.29) is 28.9 Å². The topological polar surface area (TPSA) is 96.5 Å². The van der Waals surface area contributed by atoms with Crippen LogP contribution >= 0.6 is 0 Å². The van der Waals surface area contributed by atoms with Crippen LogP contribution in [-0.2, 0) is 26.0 Å². The summed E-state index contributed by atoms with van der Waals surface area (Å²) in [5.74, 6) is 0.317. The van der Waals surface area contributed by atoms with Crippen LogP contribution in [-0.4, -0.2) is 82.2 Å². The Morgan fingerprint density at radius 1 is 0.944 bits per heavy atom. The van der Waals surface area contributed by atoms with Crippen LogP contribution in [0, 0.1) is 0 Å². The number of amides is 2. The van der Waals surface area contributed by atoms with Gasteiger partial charge in [-0.1, -0.05) is 18.2 Å². The number of hydrogen-bond donors (Lipinski definition) is 0. The first-order valence-corrected chi connectivity index (χ1v) is 13.8. The number of para-hydroxylation sites is 1. The molecule has 0 N–H and O–H groups in total. The molecule has 2 amide bonds. The highest BCUT2D eigenvalue weighted by atomic mass is 32.2. The number of benzene rings is 2. The predicted octanol–water partition coefficient (Wildman–Crippen LogP) is 2.34. The lowest BCUT2D eigenvalue weighted by atomic mass is 10.1. The molecule has 0 unspecified atom stereocenters. The van der Waals surface area contributed by atoms with E-state index in [1.165, 1.54) is 12.1 Å². The minimum Gasteiger partial charge on any atom is -0.486 e. The Bertz CT molecular complexity index is 1220. The van der Waals surface area contributed by atoms with Gasteiger partial charge in [0.1, 0.15) is 13.2 Å². The molecule has 0 fully saturated rings. The summed E-state index contributed by atoms with van der Waals surface area (Å²) >= 11 is 0. The van der Waals surface area contributed by atoms with Gasteiger partial charge < -0.3 is 24.2 Å². The van der Waals surface area contributed by atoms with Crippen molar-refractivity contribution in [1.29, 1.82) is 0 Å². The molecule has 4 rings (SSSR count). The van der Waals surface area contributed by atoms with Gasteiger partial charge in [0.15, 0.2) is 21.3 Å². The Hall–Kier alpha value is -3.11. The Labute approximate surface area is 212 Å². The van der Waals surface area contributed by atoms with Crippen LogP contribution in [0.3, 0.4) is 0 Å². The summed E-state index contributed by atoms with van der Waals surface area (Å²) in [5, 5.41) is 0. The maximum absolute atomic E-state index is 13.3. The predicted molar refractivity (Wildman–Crippen MR) is 136 cm³/mol. The molecule has 9 nitrogen and oxygen atoms in total. The second-order valence-corrected chi connectivity index (χ2v) is 11.3. The van der Waals surface area contributed by atoms with Crippen LogP contribution in [0.1, 0.15) is 25.3 Å². The standard InChI is InChI=1S/C26H33N3O6S/c1-20(30)29-12-5-11-27(2)13-14-28(19-21-6-3-4-7-23(21)29)26(31)10-17-36(32,33)22-8-9-24-25(18-22)35-16-15-34-24/h3-4,6-9,18H,5,10-17,19H2,1-2H3. The monoisotopic (exact) mass is 515 g/mol. The first kappa shape index (κ1) is 26.0. The normalized spacial score (nSPS) is 17.2. The van der Waals surface area contributed by atoms with Crippen molar-refractivity contribution in [2.45, 2.75) is 31.2 Å². The van der Waals surface area contributed by atoms with Gasteiger partial charge in [0.05, 0.1) is 10.6 Å². The van der Waals surface area contributed by atoms with Crippen molar-refractivity contribution in [3.8, 4) is 11.5 Å². The number of sulfone groups is 1. The first-order valence-electron chi connectivity index (χ1n) is 12.2. The number of carbonyl (C=O) groups excluding carboxylic acids is 2. The van der Waals surface area contributed by atoms with Crippen LogP contribution in [0.2, 0.25) is 0 Å². The van der Waals surface area contributed by atoms with Gasteiger partial charge in [-0.2, -0.15) is 0 Å². The lowest BCUT2D eigenvalue weighted by Gasteiger charge is -2.27. The van der Waals surface area contributed by atoms with E-state index < -0.39 is 9.84 Å². The molecule has 0 saturated heterocycles. The number of rotatable bonds is 4. The second-order valence-electron chi connectivity index (χ2n) is 9.15. The summed E-state index contributed by atoms with van der Waals surface area (Å²) in [7, 11) is -1.72. The van der Waals surface area contributed by atoms with Gasteiger partial charge >= 0.3 is 0 Å². The zero-order chi connectivity index (χ0) is 25.7. The summed E-state index contributed by atoms with van der Waals surface area (Å²) in [6.07, 6.45) is 0.672. The lowest BCUT2D eigenvalue weighted by Crippen LogP contribution is -2.38. The molecule has 2 aliphatic heterocycles. The average molecular weight is 516 g/mol. The summed E-state index contributed by atoms with van der Waals surface area (Å²) in [6, 6.07) is 12.1. The number of hydrogen-bond acceptors (Lipinski definition) is 7. The highest BCUT2D eigenvalue weighted by molar-refractivity contribution is 7.91. The maximum Gasteiger partial charge on any atom is 0.223 e. The Kier molecular flexibility index (Phi) is 8.15. The van der Waals surface area contributed by atoms with Gasteiger partial charge in [-0.15, -0.1) is 0 Å². The molecule has 0 atom stereocenters. The van der Waals surface area contributed by atoms with Crippen LogP contribution in [0.5, 0.6) is 11.5 Å². The maximum atomic E-state index is 13.3. The smallest absolute Gasteiger partial charge is 0.223 e. The third-order valence-corrected chi connectivity index (χ3v) is 8.22. The van der Waals surface area contributed by atoms with Crippen molar-refractivity contribution in [3.05, 3.63) is 48.0 Å². The Morgan fingerprint density at radius 3 is 2.47 bits per heavy atom. The fourth-order valence-corrected chi connectivity index (χ4v) is 5.71. The molecular weight excluding hydrogens is 482 g/mol. The van der Waals surface area contributed by atoms with Crippen LogP contribution in [0.4, 0.5) is 5.69 Å². The molecule has 0 spiro atoms. The minimum atomic E-state index is -3.70. The molecule has 2 aliphatic rings. The third-order valence-electron chi connectivity index (χ3n) is 6.51. The van der Waals surface area contributed by atoms with Crippen LogP contribution in [0.15, 0.2) is 47.4 Å². The number of fused-ring (bicyclic) bond motifs is 2. The van der Waals surface area contributed by atoms with Gasteiger partial charge in [-0.25, -0.2) is 8.42 Å². The largest absolute Gasteiger partial charge is 0.486 e. The minimum absolute atomic E-state index is 0.0484. The molecule has 2 heterocycles. The van der Waals surface area contributed by atoms with E-state index in [4.69, 9.17) is 9.47 Å². The van der Waals surface area contributed by atoms with Crippen molar-refractivity contribution < 1.29 is 27.5 Å². The fourth-order valence-electron chi connectivity index (χ4n) is 4.47. The Balaban J connectivity index is 1.52. The van der Waals surface area contributed by atoms with Gasteiger partial charge in [0, 0.05) is 51.3 Å². The molecule has 36 heavy (non-hydrogen) atoms. The molecule has 194 valence electrons. The van der Waals surface area contributed by atoms with E-state index in [1.807, 2.05) is 31.3 Å². The van der Waals surface area contributed by atoms with E-state index in [0.29, 0.717) is 50.9 Å². The van der Waals surface area contributed by atoms with Crippen molar-refractivity contribution in [3.63, 3.8) is 0 Å². The van der Waals surface area contributed by atoms with Gasteiger partial charge in [0.2, 0.25) is 11.8 Å². The molecule has 10 heteroatoms. The molecule has 0 saturated carbocycles. The zero-order valence-electron chi connectivity index (χ0n) is 20.8. The number of nitrogens with zero attached hydrogens (tertiary/aromatic N) is 3. The third kappa shape index (κ3) is 6.17. The van der Waals surface area contributed by atoms with E-state index in [2.05, 4.69) is 4.90 Å². The SMILES string of the molecule is CC(=O)N1CCCN(C)CCN(C(=O)CCS(=O)(=O)c2ccc3c(c2)OCCO3)Cc2ccccc21. The summed E-state index contributed by atoms with van der Waals surface area (Å²) < 4.78 is 37.0. The van der Waals surface area contributed by atoms with E-state index in [1.54, 1.807) is 22.8 Å². The number of likely N-dealkylation sites (N-methyl/N-ethyl adjacent to an activating group) is 1. The summed E-state index contributed by atoms with van der Waals surface area (Å²) in [4.78, 5) is 31.4. The number of ether oxygens (including phenoxy) is 2. The highest BCUT2D eigenvalue weighted by Gasteiger charge is 2.25. The molecule has 0 radical (unpaired) electrons. The van der Waals surface area contributed by atoms with Gasteiger partial charge in [-0.3, -0.25) is 9.59 Å². The second kappa shape index (κ2) is 11.3. The van der Waals surface area contributed by atoms with Crippen molar-refractivity contribution >= 4 is 27.3 Å². The molecule has 2 aromatic rings. The molecule has 0 bridgehead atoms. The fraction of sp³-hybridized carbons (Fsp3) is 0.462. The highest BCUT2D eigenvalue weighted by Crippen LogP contribution is 2.32. The molecule has 2 aromatic carbocycles. The molecule has 0 aromatic heterocycles. The van der Waals surface area contributed by atoms with E-state index in [9.17, 15) is 18.0 Å². The van der Waals surface area contributed by atoms with Crippen molar-refractivity contribution in [2.75, 3.05) is 57.1 Å². The summed E-state index contributed by atoms with van der Waals surface area (Å²) in [6.45, 7) is 5.14. The number of carbonyl (C=O) groups is 2. The van der Waals surface area contributed by atoms with Gasteiger partial charge in [-0.05, 0) is 43.8 Å². The number of anilines is 1. The van der Waals surface area contributed by atoms with Crippen LogP contribution < -0.4 is 14.4 Å². The van der Waals surface area contributed by atoms with Crippen molar-refractivity contribution in [1.82, 2.24) is 9.80 Å². The van der Waals surface area contributed by atoms with E-state index in [0.717, 1.165) is 24.2 Å². The summed E-state index contributed by atoms with van der Waals surface area (Å²) in [5.41, 5.74) is 1.65. The average Bonchev–Trinajstić information content (AvgIpc) is 2.90. The quantitative estimate of drug-likeness (QED) is 0.617. The van der Waals surface area contributed by atoms with Crippen molar-refractivity contribution in [2.24, 2.45) is 0 Å². The lowest BCUT2D eigenvalue weighted by molar-refractivity contribution is -0.131.